The summed E-state index contributed by atoms with van der Waals surface area (Å²) >= 11 is 0. The minimum Gasteiger partial charge on any atom is -0.356 e. The van der Waals surface area contributed by atoms with Crippen LogP contribution in [0.3, 0.4) is 0 Å². The summed E-state index contributed by atoms with van der Waals surface area (Å²) in [6, 6.07) is 0. The molecule has 0 saturated carbocycles. The molecular weight excluding hydrogens is 140 g/mol. The molecule has 0 bridgehead atoms. The third-order valence-electron chi connectivity index (χ3n) is 1.50. The zero-order valence-electron chi connectivity index (χ0n) is 6.18. The van der Waals surface area contributed by atoms with Gasteiger partial charge in [-0.15, -0.1) is 0 Å². The summed E-state index contributed by atoms with van der Waals surface area (Å²) < 4.78 is 1.72. The molecule has 0 atom stereocenters. The van der Waals surface area contributed by atoms with Crippen molar-refractivity contribution in [1.29, 1.82) is 0 Å². The summed E-state index contributed by atoms with van der Waals surface area (Å²) in [5, 5.41) is 3.99. The highest BCUT2D eigenvalue weighted by Crippen LogP contribution is 2.03. The SMILES string of the molecule is CN1C=Cc2ncnn2C=C1. The van der Waals surface area contributed by atoms with E-state index in [1.807, 2.05) is 36.6 Å². The number of fused-ring (bicyclic) bond motifs is 1. The zero-order chi connectivity index (χ0) is 7.68. The third kappa shape index (κ3) is 1.02. The summed E-state index contributed by atoms with van der Waals surface area (Å²) in [5.41, 5.74) is 0. The maximum atomic E-state index is 4.04. The summed E-state index contributed by atoms with van der Waals surface area (Å²) in [6.07, 6.45) is 9.16. The second kappa shape index (κ2) is 2.23. The number of aromatic nitrogens is 3. The van der Waals surface area contributed by atoms with E-state index in [-0.39, 0.29) is 0 Å². The van der Waals surface area contributed by atoms with E-state index >= 15 is 0 Å². The molecule has 1 aromatic rings. The Morgan fingerprint density at radius 1 is 1.27 bits per heavy atom. The number of hydrogen-bond acceptors (Lipinski definition) is 3. The Bertz CT molecular complexity index is 281. The van der Waals surface area contributed by atoms with Crippen LogP contribution in [0.25, 0.3) is 12.3 Å². The van der Waals surface area contributed by atoms with Gasteiger partial charge in [-0.2, -0.15) is 5.10 Å². The highest BCUT2D eigenvalue weighted by atomic mass is 15.3. The van der Waals surface area contributed by atoms with Gasteiger partial charge in [0, 0.05) is 25.6 Å². The average molecular weight is 148 g/mol. The van der Waals surface area contributed by atoms with Crippen LogP contribution in [0.2, 0.25) is 0 Å². The van der Waals surface area contributed by atoms with Crippen molar-refractivity contribution in [3.05, 3.63) is 24.6 Å². The van der Waals surface area contributed by atoms with E-state index in [4.69, 9.17) is 0 Å². The molecule has 1 aromatic heterocycles. The van der Waals surface area contributed by atoms with E-state index in [0.29, 0.717) is 0 Å². The summed E-state index contributed by atoms with van der Waals surface area (Å²) in [6.45, 7) is 0. The van der Waals surface area contributed by atoms with Crippen LogP contribution in [-0.2, 0) is 0 Å². The van der Waals surface area contributed by atoms with Crippen LogP contribution in [0, 0.1) is 0 Å². The first-order valence-corrected chi connectivity index (χ1v) is 3.34. The van der Waals surface area contributed by atoms with Crippen LogP contribution in [0.1, 0.15) is 5.82 Å². The fraction of sp³-hybridized carbons (Fsp3) is 0.143. The van der Waals surface area contributed by atoms with E-state index in [0.717, 1.165) is 5.82 Å². The fourth-order valence-corrected chi connectivity index (χ4v) is 0.895. The van der Waals surface area contributed by atoms with Gasteiger partial charge in [0.2, 0.25) is 0 Å². The monoisotopic (exact) mass is 148 g/mol. The van der Waals surface area contributed by atoms with Crippen LogP contribution < -0.4 is 0 Å². The molecule has 0 radical (unpaired) electrons. The Labute approximate surface area is 64.5 Å². The van der Waals surface area contributed by atoms with Crippen molar-refractivity contribution in [3.63, 3.8) is 0 Å². The Kier molecular flexibility index (Phi) is 1.25. The molecule has 4 heteroatoms. The van der Waals surface area contributed by atoms with Gasteiger partial charge in [-0.3, -0.25) is 0 Å². The van der Waals surface area contributed by atoms with Gasteiger partial charge < -0.3 is 4.90 Å². The molecule has 0 amide bonds. The quantitative estimate of drug-likeness (QED) is 0.541. The molecule has 0 aromatic carbocycles. The molecule has 1 aliphatic heterocycles. The van der Waals surface area contributed by atoms with Crippen LogP contribution >= 0.6 is 0 Å². The van der Waals surface area contributed by atoms with Gasteiger partial charge in [-0.25, -0.2) is 9.67 Å². The van der Waals surface area contributed by atoms with Crippen molar-refractivity contribution in [2.75, 3.05) is 7.05 Å². The number of hydrogen-bond donors (Lipinski definition) is 0. The van der Waals surface area contributed by atoms with Crippen LogP contribution in [0.4, 0.5) is 0 Å². The molecule has 0 N–H and O–H groups in total. The molecule has 0 unspecified atom stereocenters. The minimum absolute atomic E-state index is 0.852. The predicted molar refractivity (Wildman–Crippen MR) is 42.1 cm³/mol. The second-order valence-electron chi connectivity index (χ2n) is 2.34. The lowest BCUT2D eigenvalue weighted by Gasteiger charge is -2.02. The molecule has 56 valence electrons. The van der Waals surface area contributed by atoms with E-state index in [9.17, 15) is 0 Å². The number of nitrogens with zero attached hydrogens (tertiary/aromatic N) is 4. The van der Waals surface area contributed by atoms with Crippen molar-refractivity contribution in [2.45, 2.75) is 0 Å². The third-order valence-corrected chi connectivity index (χ3v) is 1.50. The van der Waals surface area contributed by atoms with Crippen LogP contribution in [-0.4, -0.2) is 26.7 Å². The molecule has 0 fully saturated rings. The lowest BCUT2D eigenvalue weighted by molar-refractivity contribution is 0.633. The van der Waals surface area contributed by atoms with Gasteiger partial charge in [0.05, 0.1) is 0 Å². The second-order valence-corrected chi connectivity index (χ2v) is 2.34. The average Bonchev–Trinajstić information content (AvgIpc) is 2.38. The lowest BCUT2D eigenvalue weighted by Crippen LogP contribution is -1.97. The first-order chi connectivity index (χ1) is 5.36. The Balaban J connectivity index is 2.48. The molecule has 1 aliphatic rings. The molecule has 2 heterocycles. The van der Waals surface area contributed by atoms with Gasteiger partial charge in [0.25, 0.3) is 0 Å². The van der Waals surface area contributed by atoms with E-state index in [1.165, 1.54) is 6.33 Å². The van der Waals surface area contributed by atoms with Crippen molar-refractivity contribution < 1.29 is 0 Å². The molecule has 2 rings (SSSR count). The first-order valence-electron chi connectivity index (χ1n) is 3.34. The maximum absolute atomic E-state index is 4.04. The standard InChI is InChI=1S/C7H8N4/c1-10-3-2-7-8-6-9-11(7)5-4-10/h2-6H,1H3. The molecule has 4 nitrogen and oxygen atoms in total. The normalized spacial score (nSPS) is 14.8. The number of rotatable bonds is 0. The van der Waals surface area contributed by atoms with E-state index in [2.05, 4.69) is 10.1 Å². The van der Waals surface area contributed by atoms with Gasteiger partial charge in [0.1, 0.15) is 6.33 Å². The van der Waals surface area contributed by atoms with E-state index < -0.39 is 0 Å². The molecule has 11 heavy (non-hydrogen) atoms. The van der Waals surface area contributed by atoms with Gasteiger partial charge >= 0.3 is 0 Å². The summed E-state index contributed by atoms with van der Waals surface area (Å²) in [4.78, 5) is 5.98. The van der Waals surface area contributed by atoms with E-state index in [1.54, 1.807) is 4.68 Å². The predicted octanol–water partition coefficient (Wildman–Crippen LogP) is 0.622. The Hall–Kier alpha value is -1.58. The minimum atomic E-state index is 0.852. The largest absolute Gasteiger partial charge is 0.356 e. The van der Waals surface area contributed by atoms with Crippen molar-refractivity contribution >= 4 is 12.3 Å². The van der Waals surface area contributed by atoms with Crippen molar-refractivity contribution in [1.82, 2.24) is 19.7 Å². The van der Waals surface area contributed by atoms with Gasteiger partial charge in [-0.05, 0) is 6.08 Å². The lowest BCUT2D eigenvalue weighted by atomic mass is 10.5. The Morgan fingerprint density at radius 3 is 3.09 bits per heavy atom. The molecule has 0 aliphatic carbocycles. The molecule has 0 spiro atoms. The fourth-order valence-electron chi connectivity index (χ4n) is 0.895. The maximum Gasteiger partial charge on any atom is 0.156 e. The van der Waals surface area contributed by atoms with Gasteiger partial charge in [-0.1, -0.05) is 0 Å². The van der Waals surface area contributed by atoms with Gasteiger partial charge in [0.15, 0.2) is 5.82 Å². The first kappa shape index (κ1) is 6.15. The summed E-state index contributed by atoms with van der Waals surface area (Å²) in [7, 11) is 1.96. The topological polar surface area (TPSA) is 34.0 Å². The summed E-state index contributed by atoms with van der Waals surface area (Å²) in [5.74, 6) is 0.852. The zero-order valence-corrected chi connectivity index (χ0v) is 6.18. The van der Waals surface area contributed by atoms with Crippen LogP contribution in [0.15, 0.2) is 18.7 Å². The highest BCUT2D eigenvalue weighted by Gasteiger charge is 1.99. The highest BCUT2D eigenvalue weighted by molar-refractivity contribution is 5.45. The van der Waals surface area contributed by atoms with Crippen molar-refractivity contribution in [3.8, 4) is 0 Å². The smallest absolute Gasteiger partial charge is 0.156 e. The van der Waals surface area contributed by atoms with Crippen molar-refractivity contribution in [2.24, 2.45) is 0 Å². The molecular formula is C7H8N4. The molecule has 0 saturated heterocycles. The van der Waals surface area contributed by atoms with Crippen LogP contribution in [0.5, 0.6) is 0 Å². The Morgan fingerprint density at radius 2 is 2.18 bits per heavy atom.